The first-order valence-electron chi connectivity index (χ1n) is 15.6. The summed E-state index contributed by atoms with van der Waals surface area (Å²) in [5.41, 5.74) is 1.07. The molecule has 220 valence electrons. The minimum atomic E-state index is -0.742. The molecule has 2 saturated heterocycles. The van der Waals surface area contributed by atoms with Gasteiger partial charge in [-0.05, 0) is 31.2 Å². The van der Waals surface area contributed by atoms with E-state index in [2.05, 4.69) is 29.2 Å². The van der Waals surface area contributed by atoms with Crippen LogP contribution in [0.1, 0.15) is 63.4 Å². The molecule has 4 aliphatic heterocycles. The van der Waals surface area contributed by atoms with Crippen LogP contribution < -0.4 is 0 Å². The lowest BCUT2D eigenvalue weighted by Crippen LogP contribution is -2.55. The second kappa shape index (κ2) is 12.3. The molecule has 0 radical (unpaired) electrons. The Kier molecular flexibility index (Phi) is 8.59. The average molecular weight is 578 g/mol. The Morgan fingerprint density at radius 3 is 2.44 bits per heavy atom. The largest absolute Gasteiger partial charge is 0.396 e. The van der Waals surface area contributed by atoms with E-state index in [9.17, 15) is 19.5 Å². The van der Waals surface area contributed by atoms with Gasteiger partial charge in [0.05, 0.1) is 16.6 Å². The predicted octanol–water partition coefficient (Wildman–Crippen LogP) is 4.17. The fourth-order valence-corrected chi connectivity index (χ4v) is 9.87. The number of rotatable bonds is 9. The minimum Gasteiger partial charge on any atom is -0.396 e. The molecule has 1 unspecified atom stereocenters. The number of aliphatic hydroxyl groups excluding tert-OH is 1. The molecule has 1 spiro atoms. The maximum Gasteiger partial charge on any atom is 0.247 e. The fraction of sp³-hybridized carbons (Fsp3) is 0.606. The van der Waals surface area contributed by atoms with Crippen LogP contribution in [0.25, 0.3) is 0 Å². The lowest BCUT2D eigenvalue weighted by atomic mass is 9.78. The highest BCUT2D eigenvalue weighted by Crippen LogP contribution is 2.61. The minimum absolute atomic E-state index is 0.0179. The molecule has 0 aromatic heterocycles. The lowest BCUT2D eigenvalue weighted by Gasteiger charge is -2.39. The normalized spacial score (nSPS) is 31.7. The Hall–Kier alpha value is -2.58. The van der Waals surface area contributed by atoms with Crippen molar-refractivity contribution in [2.24, 2.45) is 11.8 Å². The second-order valence-corrected chi connectivity index (χ2v) is 13.8. The maximum atomic E-state index is 14.5. The van der Waals surface area contributed by atoms with E-state index in [1.165, 1.54) is 6.42 Å². The molecule has 8 heteroatoms. The van der Waals surface area contributed by atoms with Crippen molar-refractivity contribution in [3.8, 4) is 0 Å². The SMILES string of the molecule is O=C1[C@@H]2[C@H]3C(=O)N(CCCCCCO)C4C(=O)N(C5CCCCC5)CC=C[C@@]43S[C@@H]2C=CCN1Cc1ccccc1. The van der Waals surface area contributed by atoms with Gasteiger partial charge in [-0.1, -0.05) is 86.7 Å². The highest BCUT2D eigenvalue weighted by atomic mass is 32.2. The molecule has 4 heterocycles. The zero-order valence-electron chi connectivity index (χ0n) is 23.9. The van der Waals surface area contributed by atoms with Crippen LogP contribution in [0, 0.1) is 11.8 Å². The molecule has 1 N–H and O–H groups in total. The van der Waals surface area contributed by atoms with Crippen molar-refractivity contribution in [2.75, 3.05) is 26.2 Å². The van der Waals surface area contributed by atoms with Crippen molar-refractivity contribution in [3.05, 3.63) is 60.2 Å². The molecule has 5 atom stereocenters. The van der Waals surface area contributed by atoms with Gasteiger partial charge < -0.3 is 19.8 Å². The number of hydrogen-bond acceptors (Lipinski definition) is 5. The molecular formula is C33H43N3O4S. The number of unbranched alkanes of at least 4 members (excludes halogenated alkanes) is 3. The summed E-state index contributed by atoms with van der Waals surface area (Å²) in [6.45, 7) is 2.30. The van der Waals surface area contributed by atoms with Gasteiger partial charge in [-0.2, -0.15) is 0 Å². The van der Waals surface area contributed by atoms with Crippen LogP contribution in [0.4, 0.5) is 0 Å². The number of aliphatic hydroxyl groups is 1. The van der Waals surface area contributed by atoms with Gasteiger partial charge in [-0.3, -0.25) is 14.4 Å². The van der Waals surface area contributed by atoms with E-state index in [0.717, 1.165) is 56.9 Å². The van der Waals surface area contributed by atoms with E-state index in [4.69, 9.17) is 0 Å². The van der Waals surface area contributed by atoms with Crippen molar-refractivity contribution >= 4 is 29.5 Å². The van der Waals surface area contributed by atoms with Gasteiger partial charge in [-0.15, -0.1) is 11.8 Å². The third-order valence-corrected chi connectivity index (χ3v) is 11.6. The third-order valence-electron chi connectivity index (χ3n) is 9.81. The molecule has 41 heavy (non-hydrogen) atoms. The predicted molar refractivity (Wildman–Crippen MR) is 161 cm³/mol. The molecule has 1 aromatic carbocycles. The summed E-state index contributed by atoms with van der Waals surface area (Å²) >= 11 is 1.68. The van der Waals surface area contributed by atoms with Crippen molar-refractivity contribution in [1.29, 1.82) is 0 Å². The summed E-state index contributed by atoms with van der Waals surface area (Å²) in [5, 5.41) is 9.07. The van der Waals surface area contributed by atoms with E-state index in [-0.39, 0.29) is 35.6 Å². The van der Waals surface area contributed by atoms with Gasteiger partial charge in [0.1, 0.15) is 6.04 Å². The van der Waals surface area contributed by atoms with Crippen LogP contribution in [0.5, 0.6) is 0 Å². The third kappa shape index (κ3) is 5.27. The Morgan fingerprint density at radius 1 is 0.878 bits per heavy atom. The zero-order chi connectivity index (χ0) is 28.4. The number of amides is 3. The fourth-order valence-electron chi connectivity index (χ4n) is 7.86. The molecule has 0 bridgehead atoms. The van der Waals surface area contributed by atoms with Gasteiger partial charge >= 0.3 is 0 Å². The maximum absolute atomic E-state index is 14.5. The van der Waals surface area contributed by atoms with Crippen LogP contribution in [0.15, 0.2) is 54.6 Å². The molecule has 1 aromatic rings. The number of carbonyl (C=O) groups is 3. The van der Waals surface area contributed by atoms with Crippen LogP contribution in [-0.2, 0) is 20.9 Å². The van der Waals surface area contributed by atoms with Crippen molar-refractivity contribution in [3.63, 3.8) is 0 Å². The van der Waals surface area contributed by atoms with Crippen LogP contribution in [0.2, 0.25) is 0 Å². The highest BCUT2D eigenvalue weighted by Gasteiger charge is 2.71. The topological polar surface area (TPSA) is 81.2 Å². The molecule has 3 amide bonds. The summed E-state index contributed by atoms with van der Waals surface area (Å²) < 4.78 is -0.742. The first-order chi connectivity index (χ1) is 20.0. The average Bonchev–Trinajstić information content (AvgIpc) is 3.30. The Balaban J connectivity index is 1.33. The molecule has 6 rings (SSSR count). The summed E-state index contributed by atoms with van der Waals surface area (Å²) in [7, 11) is 0. The number of hydrogen-bond donors (Lipinski definition) is 1. The Morgan fingerprint density at radius 2 is 1.66 bits per heavy atom. The van der Waals surface area contributed by atoms with E-state index in [0.29, 0.717) is 26.2 Å². The van der Waals surface area contributed by atoms with Gasteiger partial charge in [0.15, 0.2) is 0 Å². The number of nitrogens with zero attached hydrogens (tertiary/aromatic N) is 3. The van der Waals surface area contributed by atoms with Crippen molar-refractivity contribution in [2.45, 2.75) is 86.4 Å². The standard InChI is InChI=1S/C33H43N3O4S/c37-22-10-2-1-9-20-36-29-32(40)35(25-15-7-4-8-16-25)21-12-18-33(29)28(31(36)39)27-26(41-33)17-11-19-34(30(27)38)23-24-13-5-3-6-14-24/h3,5-6,11-14,17-18,25-29,37H,1-2,4,7-10,15-16,19-23H2/t26-,27+,28+,29?,33+/m1/s1. The van der Waals surface area contributed by atoms with E-state index < -0.39 is 22.6 Å². The molecule has 5 aliphatic rings. The van der Waals surface area contributed by atoms with Crippen molar-refractivity contribution < 1.29 is 19.5 Å². The van der Waals surface area contributed by atoms with E-state index >= 15 is 0 Å². The molecule has 1 saturated carbocycles. The molecule has 1 aliphatic carbocycles. The Labute approximate surface area is 248 Å². The van der Waals surface area contributed by atoms with E-state index in [1.54, 1.807) is 11.8 Å². The van der Waals surface area contributed by atoms with Gasteiger partial charge in [0.2, 0.25) is 17.7 Å². The number of carbonyl (C=O) groups excluding carboxylic acids is 3. The molecule has 3 fully saturated rings. The van der Waals surface area contributed by atoms with Gasteiger partial charge in [0.25, 0.3) is 0 Å². The number of likely N-dealkylation sites (tertiary alicyclic amines) is 1. The highest BCUT2D eigenvalue weighted by molar-refractivity contribution is 8.02. The second-order valence-electron chi connectivity index (χ2n) is 12.3. The van der Waals surface area contributed by atoms with Crippen LogP contribution in [-0.4, -0.2) is 85.8 Å². The smallest absolute Gasteiger partial charge is 0.247 e. The quantitative estimate of drug-likeness (QED) is 0.352. The number of fused-ring (bicyclic) bond motifs is 2. The van der Waals surface area contributed by atoms with Crippen LogP contribution in [0.3, 0.4) is 0 Å². The molecule has 7 nitrogen and oxygen atoms in total. The summed E-state index contributed by atoms with van der Waals surface area (Å²) in [5.74, 6) is -1.00. The first kappa shape index (κ1) is 28.5. The Bertz CT molecular complexity index is 1180. The number of thioether (sulfide) groups is 1. The lowest BCUT2D eigenvalue weighted by molar-refractivity contribution is -0.145. The molecular weight excluding hydrogens is 534 g/mol. The van der Waals surface area contributed by atoms with Crippen LogP contribution >= 0.6 is 11.8 Å². The summed E-state index contributed by atoms with van der Waals surface area (Å²) in [4.78, 5) is 49.1. The first-order valence-corrected chi connectivity index (χ1v) is 16.5. The summed E-state index contributed by atoms with van der Waals surface area (Å²) in [6.07, 6.45) is 17.3. The monoisotopic (exact) mass is 577 g/mol. The number of benzene rings is 1. The van der Waals surface area contributed by atoms with Crippen molar-refractivity contribution in [1.82, 2.24) is 14.7 Å². The summed E-state index contributed by atoms with van der Waals surface area (Å²) in [6, 6.07) is 9.65. The van der Waals surface area contributed by atoms with E-state index in [1.807, 2.05) is 40.1 Å². The van der Waals surface area contributed by atoms with Gasteiger partial charge in [-0.25, -0.2) is 0 Å². The van der Waals surface area contributed by atoms with Gasteiger partial charge in [0, 0.05) is 44.1 Å². The zero-order valence-corrected chi connectivity index (χ0v) is 24.7.